The SMILES string of the molecule is Clc1ccccc1-c1noc(-c2ncn3c2COC(c2ccccc2)C3)n1. The van der Waals surface area contributed by atoms with E-state index in [-0.39, 0.29) is 6.10 Å². The van der Waals surface area contributed by atoms with Gasteiger partial charge in [0.05, 0.1) is 30.2 Å². The first-order chi connectivity index (χ1) is 13.3. The number of benzene rings is 2. The minimum Gasteiger partial charge on any atom is -0.365 e. The van der Waals surface area contributed by atoms with Gasteiger partial charge in [-0.1, -0.05) is 59.2 Å². The van der Waals surface area contributed by atoms with E-state index in [0.717, 1.165) is 16.8 Å². The molecule has 2 aromatic heterocycles. The number of hydrogen-bond donors (Lipinski definition) is 0. The van der Waals surface area contributed by atoms with Gasteiger partial charge in [0.1, 0.15) is 6.10 Å². The van der Waals surface area contributed by atoms with Crippen LogP contribution in [0.25, 0.3) is 23.0 Å². The smallest absolute Gasteiger partial charge is 0.278 e. The van der Waals surface area contributed by atoms with E-state index in [1.54, 1.807) is 12.4 Å². The summed E-state index contributed by atoms with van der Waals surface area (Å²) in [6, 6.07) is 17.6. The monoisotopic (exact) mass is 378 g/mol. The maximum Gasteiger partial charge on any atom is 0.278 e. The highest BCUT2D eigenvalue weighted by Crippen LogP contribution is 2.32. The molecule has 0 spiro atoms. The molecule has 4 aromatic rings. The summed E-state index contributed by atoms with van der Waals surface area (Å²) in [6.07, 6.45) is 1.80. The summed E-state index contributed by atoms with van der Waals surface area (Å²) < 4.78 is 13.6. The fourth-order valence-corrected chi connectivity index (χ4v) is 3.47. The van der Waals surface area contributed by atoms with Crippen molar-refractivity contribution in [3.05, 3.63) is 77.2 Å². The average Bonchev–Trinajstić information content (AvgIpc) is 3.35. The fourth-order valence-electron chi connectivity index (χ4n) is 3.25. The quantitative estimate of drug-likeness (QED) is 0.524. The molecule has 1 atom stereocenters. The van der Waals surface area contributed by atoms with Crippen molar-refractivity contribution in [1.29, 1.82) is 0 Å². The summed E-state index contributed by atoms with van der Waals surface area (Å²) in [5, 5.41) is 4.63. The first-order valence-electron chi connectivity index (χ1n) is 8.59. The molecule has 6 nitrogen and oxygen atoms in total. The van der Waals surface area contributed by atoms with E-state index in [1.807, 2.05) is 36.4 Å². The van der Waals surface area contributed by atoms with Gasteiger partial charge in [0.25, 0.3) is 5.89 Å². The second-order valence-corrected chi connectivity index (χ2v) is 6.71. The second kappa shape index (κ2) is 6.64. The molecule has 0 saturated carbocycles. The summed E-state index contributed by atoms with van der Waals surface area (Å²) in [5.74, 6) is 0.802. The highest BCUT2D eigenvalue weighted by Gasteiger charge is 2.26. The third-order valence-corrected chi connectivity index (χ3v) is 4.97. The maximum atomic E-state index is 6.22. The third-order valence-electron chi connectivity index (χ3n) is 4.64. The van der Waals surface area contributed by atoms with E-state index in [4.69, 9.17) is 20.9 Å². The van der Waals surface area contributed by atoms with E-state index < -0.39 is 0 Å². The highest BCUT2D eigenvalue weighted by molar-refractivity contribution is 6.33. The normalized spacial score (nSPS) is 16.3. The van der Waals surface area contributed by atoms with Crippen molar-refractivity contribution in [2.24, 2.45) is 0 Å². The predicted molar refractivity (Wildman–Crippen MR) is 99.9 cm³/mol. The van der Waals surface area contributed by atoms with E-state index in [1.165, 1.54) is 0 Å². The molecule has 134 valence electrons. The van der Waals surface area contributed by atoms with E-state index in [9.17, 15) is 0 Å². The Morgan fingerprint density at radius 1 is 1.04 bits per heavy atom. The van der Waals surface area contributed by atoms with Crippen LogP contribution in [0.2, 0.25) is 5.02 Å². The van der Waals surface area contributed by atoms with Crippen molar-refractivity contribution >= 4 is 11.6 Å². The lowest BCUT2D eigenvalue weighted by Crippen LogP contribution is -2.20. The van der Waals surface area contributed by atoms with Crippen molar-refractivity contribution < 1.29 is 9.26 Å². The zero-order valence-electron chi connectivity index (χ0n) is 14.2. The Bertz CT molecular complexity index is 1090. The molecule has 0 bridgehead atoms. The lowest BCUT2D eigenvalue weighted by Gasteiger charge is -2.25. The van der Waals surface area contributed by atoms with Crippen LogP contribution < -0.4 is 0 Å². The molecule has 0 amide bonds. The van der Waals surface area contributed by atoms with E-state index in [0.29, 0.717) is 35.6 Å². The number of ether oxygens (including phenoxy) is 1. The number of halogens is 1. The predicted octanol–water partition coefficient (Wildman–Crippen LogP) is 4.53. The van der Waals surface area contributed by atoms with Crippen molar-refractivity contribution in [1.82, 2.24) is 19.7 Å². The van der Waals surface area contributed by atoms with Gasteiger partial charge < -0.3 is 13.8 Å². The number of aromatic nitrogens is 4. The Hall–Kier alpha value is -2.96. The van der Waals surface area contributed by atoms with Crippen LogP contribution in [0.3, 0.4) is 0 Å². The molecule has 1 aliphatic heterocycles. The molecular weight excluding hydrogens is 364 g/mol. The summed E-state index contributed by atoms with van der Waals surface area (Å²) in [4.78, 5) is 8.95. The Morgan fingerprint density at radius 3 is 2.70 bits per heavy atom. The van der Waals surface area contributed by atoms with Crippen LogP contribution in [0.5, 0.6) is 0 Å². The van der Waals surface area contributed by atoms with Gasteiger partial charge in [-0.2, -0.15) is 4.98 Å². The van der Waals surface area contributed by atoms with Crippen LogP contribution in [0.1, 0.15) is 17.4 Å². The molecule has 2 aromatic carbocycles. The van der Waals surface area contributed by atoms with Gasteiger partial charge in [-0.3, -0.25) is 0 Å². The molecule has 0 saturated heterocycles. The molecule has 1 aliphatic rings. The van der Waals surface area contributed by atoms with Crippen LogP contribution in [0, 0.1) is 0 Å². The maximum absolute atomic E-state index is 6.22. The Kier molecular flexibility index (Phi) is 3.99. The molecule has 7 heteroatoms. The summed E-state index contributed by atoms with van der Waals surface area (Å²) in [7, 11) is 0. The fraction of sp³-hybridized carbons (Fsp3) is 0.150. The lowest BCUT2D eigenvalue weighted by atomic mass is 10.1. The molecule has 5 rings (SSSR count). The minimum atomic E-state index is 0.00196. The van der Waals surface area contributed by atoms with Crippen molar-refractivity contribution in [2.75, 3.05) is 0 Å². The zero-order valence-corrected chi connectivity index (χ0v) is 15.0. The molecule has 1 unspecified atom stereocenters. The van der Waals surface area contributed by atoms with Crippen molar-refractivity contribution in [3.63, 3.8) is 0 Å². The van der Waals surface area contributed by atoms with Gasteiger partial charge in [-0.25, -0.2) is 4.98 Å². The number of imidazole rings is 1. The van der Waals surface area contributed by atoms with Crippen molar-refractivity contribution in [2.45, 2.75) is 19.3 Å². The van der Waals surface area contributed by atoms with Gasteiger partial charge in [0.2, 0.25) is 5.82 Å². The number of rotatable bonds is 3. The molecule has 3 heterocycles. The summed E-state index contributed by atoms with van der Waals surface area (Å²) >= 11 is 6.22. The van der Waals surface area contributed by atoms with Gasteiger partial charge in [0, 0.05) is 5.56 Å². The Morgan fingerprint density at radius 2 is 1.85 bits per heavy atom. The molecule has 0 aliphatic carbocycles. The molecule has 0 radical (unpaired) electrons. The van der Waals surface area contributed by atoms with Gasteiger partial charge in [-0.15, -0.1) is 0 Å². The number of fused-ring (bicyclic) bond motifs is 1. The van der Waals surface area contributed by atoms with Gasteiger partial charge >= 0.3 is 0 Å². The standard InChI is InChI=1S/C20H15ClN4O2/c21-15-9-5-4-8-14(15)19-23-20(27-24-19)18-16-11-26-17(10-25(16)12-22-18)13-6-2-1-3-7-13/h1-9,12,17H,10-11H2. The second-order valence-electron chi connectivity index (χ2n) is 6.31. The molecule has 27 heavy (non-hydrogen) atoms. The van der Waals surface area contributed by atoms with Gasteiger partial charge in [-0.05, 0) is 17.7 Å². The third kappa shape index (κ3) is 2.93. The largest absolute Gasteiger partial charge is 0.365 e. The van der Waals surface area contributed by atoms with Crippen LogP contribution >= 0.6 is 11.6 Å². The van der Waals surface area contributed by atoms with E-state index >= 15 is 0 Å². The van der Waals surface area contributed by atoms with Crippen LogP contribution in [-0.4, -0.2) is 19.7 Å². The first kappa shape index (κ1) is 16.2. The minimum absolute atomic E-state index is 0.00196. The lowest BCUT2D eigenvalue weighted by molar-refractivity contribution is 0.00330. The zero-order chi connectivity index (χ0) is 18.2. The Labute approximate surface area is 160 Å². The average molecular weight is 379 g/mol. The molecule has 0 N–H and O–H groups in total. The van der Waals surface area contributed by atoms with Crippen molar-refractivity contribution in [3.8, 4) is 23.0 Å². The first-order valence-corrected chi connectivity index (χ1v) is 8.97. The van der Waals surface area contributed by atoms with E-state index in [2.05, 4.69) is 31.8 Å². The van der Waals surface area contributed by atoms with Crippen LogP contribution in [-0.2, 0) is 17.9 Å². The molecule has 0 fully saturated rings. The van der Waals surface area contributed by atoms with Crippen LogP contribution in [0.4, 0.5) is 0 Å². The van der Waals surface area contributed by atoms with Gasteiger partial charge in [0.15, 0.2) is 5.69 Å². The summed E-state index contributed by atoms with van der Waals surface area (Å²) in [6.45, 7) is 1.12. The Balaban J connectivity index is 1.44. The number of nitrogens with zero attached hydrogens (tertiary/aromatic N) is 4. The van der Waals surface area contributed by atoms with Crippen LogP contribution in [0.15, 0.2) is 65.4 Å². The molecular formula is C20H15ClN4O2. The highest BCUT2D eigenvalue weighted by atomic mass is 35.5. The summed E-state index contributed by atoms with van der Waals surface area (Å²) in [5.41, 5.74) is 3.45. The number of hydrogen-bond acceptors (Lipinski definition) is 5. The topological polar surface area (TPSA) is 66.0 Å².